The monoisotopic (exact) mass is 253 g/mol. The first-order valence-corrected chi connectivity index (χ1v) is 6.76. The molecule has 2 aromatic heterocycles. The summed E-state index contributed by atoms with van der Waals surface area (Å²) in [5, 5.41) is 0.278. The van der Waals surface area contributed by atoms with Gasteiger partial charge >= 0.3 is 0 Å². The molecule has 0 saturated carbocycles. The van der Waals surface area contributed by atoms with Gasteiger partial charge in [-0.15, -0.1) is 0 Å². The summed E-state index contributed by atoms with van der Waals surface area (Å²) in [6, 6.07) is 0. The van der Waals surface area contributed by atoms with Crippen LogP contribution < -0.4 is 5.56 Å². The summed E-state index contributed by atoms with van der Waals surface area (Å²) in [6.07, 6.45) is 2.57. The maximum absolute atomic E-state index is 11.6. The average molecular weight is 253 g/mol. The van der Waals surface area contributed by atoms with Gasteiger partial charge in [0.05, 0.1) is 5.69 Å². The zero-order chi connectivity index (χ0) is 12.8. The highest BCUT2D eigenvalue weighted by molar-refractivity contribution is 7.90. The van der Waals surface area contributed by atoms with E-state index >= 15 is 0 Å². The molecule has 0 fully saturated rings. The number of aromatic nitrogens is 3. The Labute approximate surface area is 97.7 Å². The van der Waals surface area contributed by atoms with Crippen LogP contribution >= 0.6 is 0 Å². The fourth-order valence-electron chi connectivity index (χ4n) is 1.66. The quantitative estimate of drug-likeness (QED) is 0.740. The molecule has 0 bridgehead atoms. The molecule has 0 aliphatic carbocycles. The zero-order valence-electron chi connectivity index (χ0n) is 9.60. The first-order valence-electron chi connectivity index (χ1n) is 4.87. The Morgan fingerprint density at radius 1 is 1.24 bits per heavy atom. The second kappa shape index (κ2) is 3.63. The van der Waals surface area contributed by atoms with E-state index in [9.17, 15) is 13.2 Å². The van der Waals surface area contributed by atoms with Gasteiger partial charge in [0.25, 0.3) is 5.56 Å². The third-order valence-corrected chi connectivity index (χ3v) is 3.28. The minimum absolute atomic E-state index is 0.109. The number of sulfone groups is 1. The number of aryl methyl sites for hydroxylation is 2. The molecule has 0 aliphatic heterocycles. The van der Waals surface area contributed by atoms with E-state index in [0.29, 0.717) is 11.1 Å². The fraction of sp³-hybridized carbons (Fsp3) is 0.300. The molecule has 0 unspecified atom stereocenters. The standard InChI is InChI=1S/C10H11N3O3S/c1-5-4-11-9(14)8-7(5)6(2)12-10(13-8)17(3,15)16/h4H,1-3H3,(H,11,14). The molecule has 17 heavy (non-hydrogen) atoms. The number of hydrogen-bond acceptors (Lipinski definition) is 5. The maximum Gasteiger partial charge on any atom is 0.274 e. The number of hydrogen-bond donors (Lipinski definition) is 1. The highest BCUT2D eigenvalue weighted by Crippen LogP contribution is 2.17. The molecule has 0 spiro atoms. The number of rotatable bonds is 1. The molecule has 0 aromatic carbocycles. The molecule has 0 saturated heterocycles. The van der Waals surface area contributed by atoms with Gasteiger partial charge in [-0.2, -0.15) is 0 Å². The Kier molecular flexibility index (Phi) is 2.50. The van der Waals surface area contributed by atoms with Crippen LogP contribution in [0.1, 0.15) is 11.3 Å². The normalized spacial score (nSPS) is 11.9. The highest BCUT2D eigenvalue weighted by Gasteiger charge is 2.16. The van der Waals surface area contributed by atoms with E-state index < -0.39 is 15.4 Å². The smallest absolute Gasteiger partial charge is 0.274 e. The van der Waals surface area contributed by atoms with Crippen LogP contribution in [0.5, 0.6) is 0 Å². The summed E-state index contributed by atoms with van der Waals surface area (Å²) in [5.41, 5.74) is 0.982. The van der Waals surface area contributed by atoms with Crippen LogP contribution in [-0.4, -0.2) is 29.6 Å². The summed E-state index contributed by atoms with van der Waals surface area (Å²) in [5.74, 6) is 0. The van der Waals surface area contributed by atoms with Crippen molar-refractivity contribution in [2.75, 3.05) is 6.26 Å². The van der Waals surface area contributed by atoms with E-state index in [-0.39, 0.29) is 10.7 Å². The number of nitrogens with one attached hydrogen (secondary N) is 1. The van der Waals surface area contributed by atoms with Crippen LogP contribution in [0, 0.1) is 13.8 Å². The van der Waals surface area contributed by atoms with Crippen molar-refractivity contribution in [3.05, 3.63) is 27.8 Å². The zero-order valence-corrected chi connectivity index (χ0v) is 10.4. The van der Waals surface area contributed by atoms with E-state index in [0.717, 1.165) is 11.8 Å². The van der Waals surface area contributed by atoms with Crippen molar-refractivity contribution in [1.82, 2.24) is 15.0 Å². The van der Waals surface area contributed by atoms with Crippen LogP contribution in [0.25, 0.3) is 10.9 Å². The molecule has 6 nitrogen and oxygen atoms in total. The van der Waals surface area contributed by atoms with Gasteiger partial charge < -0.3 is 4.98 Å². The van der Waals surface area contributed by atoms with Gasteiger partial charge in [0.2, 0.25) is 15.0 Å². The molecule has 2 aromatic rings. The van der Waals surface area contributed by atoms with Crippen LogP contribution in [0.4, 0.5) is 0 Å². The minimum Gasteiger partial charge on any atom is -0.327 e. The number of fused-ring (bicyclic) bond motifs is 1. The highest BCUT2D eigenvalue weighted by atomic mass is 32.2. The minimum atomic E-state index is -3.52. The summed E-state index contributed by atoms with van der Waals surface area (Å²) in [4.78, 5) is 21.9. The molecule has 0 atom stereocenters. The molecular weight excluding hydrogens is 242 g/mol. The third-order valence-electron chi connectivity index (χ3n) is 2.43. The fourth-order valence-corrected chi connectivity index (χ4v) is 2.22. The van der Waals surface area contributed by atoms with Gasteiger partial charge in [-0.25, -0.2) is 18.4 Å². The van der Waals surface area contributed by atoms with Crippen molar-refractivity contribution in [2.45, 2.75) is 19.0 Å². The van der Waals surface area contributed by atoms with E-state index in [1.165, 1.54) is 0 Å². The maximum atomic E-state index is 11.6. The van der Waals surface area contributed by atoms with Gasteiger partial charge in [-0.05, 0) is 19.4 Å². The van der Waals surface area contributed by atoms with Gasteiger partial charge in [-0.3, -0.25) is 4.79 Å². The molecule has 2 heterocycles. The third kappa shape index (κ3) is 1.93. The summed E-state index contributed by atoms with van der Waals surface area (Å²) >= 11 is 0. The lowest BCUT2D eigenvalue weighted by Crippen LogP contribution is -2.13. The molecule has 0 aliphatic rings. The van der Waals surface area contributed by atoms with Crippen LogP contribution in [0.3, 0.4) is 0 Å². The molecule has 7 heteroatoms. The van der Waals surface area contributed by atoms with Crippen LogP contribution in [0.2, 0.25) is 0 Å². The topological polar surface area (TPSA) is 92.8 Å². The van der Waals surface area contributed by atoms with E-state index in [2.05, 4.69) is 15.0 Å². The lowest BCUT2D eigenvalue weighted by Gasteiger charge is -2.05. The van der Waals surface area contributed by atoms with Crippen molar-refractivity contribution >= 4 is 20.7 Å². The Bertz CT molecular complexity index is 762. The van der Waals surface area contributed by atoms with Gasteiger partial charge in [0.1, 0.15) is 5.52 Å². The van der Waals surface area contributed by atoms with Gasteiger partial charge in [-0.1, -0.05) is 0 Å². The Balaban J connectivity index is 3.02. The molecule has 0 radical (unpaired) electrons. The van der Waals surface area contributed by atoms with Crippen molar-refractivity contribution < 1.29 is 8.42 Å². The molecule has 1 N–H and O–H groups in total. The van der Waals surface area contributed by atoms with E-state index in [1.54, 1.807) is 20.0 Å². The number of H-pyrrole nitrogens is 1. The second-order valence-electron chi connectivity index (χ2n) is 3.89. The summed E-state index contributed by atoms with van der Waals surface area (Å²) in [7, 11) is -3.52. The number of nitrogens with zero attached hydrogens (tertiary/aromatic N) is 2. The van der Waals surface area contributed by atoms with Gasteiger partial charge in [0, 0.05) is 17.8 Å². The number of aromatic amines is 1. The Hall–Kier alpha value is -1.76. The average Bonchev–Trinajstić information content (AvgIpc) is 2.21. The summed E-state index contributed by atoms with van der Waals surface area (Å²) in [6.45, 7) is 3.46. The first-order chi connectivity index (χ1) is 7.80. The van der Waals surface area contributed by atoms with Crippen molar-refractivity contribution in [2.24, 2.45) is 0 Å². The lowest BCUT2D eigenvalue weighted by atomic mass is 10.1. The van der Waals surface area contributed by atoms with E-state index in [1.807, 2.05) is 0 Å². The first kappa shape index (κ1) is 11.7. The molecule has 90 valence electrons. The second-order valence-corrected chi connectivity index (χ2v) is 5.80. The molecular formula is C10H11N3O3S. The van der Waals surface area contributed by atoms with Crippen molar-refractivity contribution in [3.8, 4) is 0 Å². The summed E-state index contributed by atoms with van der Waals surface area (Å²) < 4.78 is 22.8. The van der Waals surface area contributed by atoms with Crippen LogP contribution in [-0.2, 0) is 9.84 Å². The van der Waals surface area contributed by atoms with Crippen molar-refractivity contribution in [1.29, 1.82) is 0 Å². The largest absolute Gasteiger partial charge is 0.327 e. The number of pyridine rings is 1. The predicted molar refractivity (Wildman–Crippen MR) is 62.7 cm³/mol. The van der Waals surface area contributed by atoms with Crippen LogP contribution in [0.15, 0.2) is 16.1 Å². The molecule has 2 rings (SSSR count). The lowest BCUT2D eigenvalue weighted by molar-refractivity contribution is 0.593. The van der Waals surface area contributed by atoms with Gasteiger partial charge in [0.15, 0.2) is 0 Å². The molecule has 0 amide bonds. The predicted octanol–water partition coefficient (Wildman–Crippen LogP) is 0.338. The Morgan fingerprint density at radius 2 is 1.88 bits per heavy atom. The Morgan fingerprint density at radius 3 is 2.47 bits per heavy atom. The SMILES string of the molecule is Cc1c[nH]c(=O)c2nc(S(C)(=O)=O)nc(C)c12. The van der Waals surface area contributed by atoms with Crippen molar-refractivity contribution in [3.63, 3.8) is 0 Å². The van der Waals surface area contributed by atoms with E-state index in [4.69, 9.17) is 0 Å².